The van der Waals surface area contributed by atoms with Crippen LogP contribution in [0.2, 0.25) is 0 Å². The summed E-state index contributed by atoms with van der Waals surface area (Å²) in [5.74, 6) is -2.40. The summed E-state index contributed by atoms with van der Waals surface area (Å²) in [5.41, 5.74) is 0.459. The quantitative estimate of drug-likeness (QED) is 0.369. The molecule has 33 heavy (non-hydrogen) atoms. The lowest BCUT2D eigenvalue weighted by Gasteiger charge is -2.44. The number of fused-ring (bicyclic) bond motifs is 1. The van der Waals surface area contributed by atoms with Crippen molar-refractivity contribution in [3.05, 3.63) is 29.8 Å². The zero-order valence-electron chi connectivity index (χ0n) is 18.4. The van der Waals surface area contributed by atoms with E-state index in [2.05, 4.69) is 16.0 Å². The molecular formula is C22H28N4O6S. The second-order valence-electron chi connectivity index (χ2n) is 9.12. The van der Waals surface area contributed by atoms with Crippen molar-refractivity contribution < 1.29 is 29.4 Å². The third-order valence-corrected chi connectivity index (χ3v) is 7.95. The zero-order valence-corrected chi connectivity index (χ0v) is 19.2. The molecule has 3 saturated heterocycles. The van der Waals surface area contributed by atoms with Crippen molar-refractivity contribution in [3.63, 3.8) is 0 Å². The fraction of sp³-hybridized carbons (Fsp3) is 0.545. The average molecular weight is 477 g/mol. The van der Waals surface area contributed by atoms with Gasteiger partial charge in [0, 0.05) is 4.75 Å². The van der Waals surface area contributed by atoms with Gasteiger partial charge in [-0.25, -0.2) is 4.79 Å². The molecule has 3 fully saturated rings. The van der Waals surface area contributed by atoms with Crippen LogP contribution in [0.25, 0.3) is 0 Å². The van der Waals surface area contributed by atoms with Gasteiger partial charge >= 0.3 is 5.97 Å². The van der Waals surface area contributed by atoms with Crippen molar-refractivity contribution in [2.75, 3.05) is 6.54 Å². The minimum Gasteiger partial charge on any atom is -0.508 e. The number of phenols is 1. The number of hydrogen-bond donors (Lipinski definition) is 5. The summed E-state index contributed by atoms with van der Waals surface area (Å²) in [6, 6.07) is 2.59. The molecule has 178 valence electrons. The molecule has 5 N–H and O–H groups in total. The molecule has 2 unspecified atom stereocenters. The minimum absolute atomic E-state index is 0.0206. The van der Waals surface area contributed by atoms with Gasteiger partial charge in [-0.2, -0.15) is 0 Å². The fourth-order valence-electron chi connectivity index (χ4n) is 4.67. The van der Waals surface area contributed by atoms with E-state index in [-0.39, 0.29) is 11.7 Å². The summed E-state index contributed by atoms with van der Waals surface area (Å²) >= 11 is 1.33. The summed E-state index contributed by atoms with van der Waals surface area (Å²) < 4.78 is -0.705. The number of carboxylic acids is 1. The number of benzene rings is 1. The van der Waals surface area contributed by atoms with Gasteiger partial charge in [-0.3, -0.25) is 14.4 Å². The number of aromatic hydroxyl groups is 1. The third-order valence-electron chi connectivity index (χ3n) is 6.37. The van der Waals surface area contributed by atoms with Crippen LogP contribution in [0.5, 0.6) is 5.75 Å². The Morgan fingerprint density at radius 3 is 2.52 bits per heavy atom. The third kappa shape index (κ3) is 4.39. The normalized spacial score (nSPS) is 28.9. The molecule has 10 nitrogen and oxygen atoms in total. The predicted molar refractivity (Wildman–Crippen MR) is 120 cm³/mol. The van der Waals surface area contributed by atoms with E-state index < -0.39 is 52.1 Å². The van der Waals surface area contributed by atoms with Crippen molar-refractivity contribution in [3.8, 4) is 5.75 Å². The van der Waals surface area contributed by atoms with Crippen LogP contribution in [0.3, 0.4) is 0 Å². The predicted octanol–water partition coefficient (Wildman–Crippen LogP) is 0.323. The Morgan fingerprint density at radius 1 is 1.21 bits per heavy atom. The van der Waals surface area contributed by atoms with Gasteiger partial charge in [0.25, 0.3) is 0 Å². The molecule has 1 aromatic carbocycles. The SMILES string of the molecule is CC1(C)S[C@@H]2[C@H](NC(=O)C(NC(=O)C3CCCCN3)c3ccc(O)cc3)C(=O)N2[C@H]1C(=O)O. The second-order valence-corrected chi connectivity index (χ2v) is 10.9. The Bertz CT molecular complexity index is 962. The summed E-state index contributed by atoms with van der Waals surface area (Å²) in [5, 5.41) is 27.3. The number of nitrogens with one attached hydrogen (secondary N) is 3. The van der Waals surface area contributed by atoms with Gasteiger partial charge in [-0.1, -0.05) is 18.6 Å². The molecule has 11 heteroatoms. The molecular weight excluding hydrogens is 448 g/mol. The van der Waals surface area contributed by atoms with Gasteiger partial charge in [-0.15, -0.1) is 11.8 Å². The lowest BCUT2D eigenvalue weighted by atomic mass is 9.95. The highest BCUT2D eigenvalue weighted by molar-refractivity contribution is 8.01. The summed E-state index contributed by atoms with van der Waals surface area (Å²) in [6.07, 6.45) is 2.56. The van der Waals surface area contributed by atoms with Crippen LogP contribution in [0.15, 0.2) is 24.3 Å². The Balaban J connectivity index is 1.51. The van der Waals surface area contributed by atoms with Crippen molar-refractivity contribution in [1.29, 1.82) is 0 Å². The molecule has 3 aliphatic heterocycles. The number of nitrogens with zero attached hydrogens (tertiary/aromatic N) is 1. The molecule has 0 spiro atoms. The molecule has 3 amide bonds. The van der Waals surface area contributed by atoms with Crippen LogP contribution in [0.4, 0.5) is 0 Å². The first-order valence-corrected chi connectivity index (χ1v) is 11.8. The number of β-lactam (4-membered cyclic amide) rings is 1. The van der Waals surface area contributed by atoms with E-state index in [1.807, 2.05) is 0 Å². The second kappa shape index (κ2) is 8.86. The molecule has 1 aromatic rings. The Kier molecular flexibility index (Phi) is 6.28. The molecule has 3 heterocycles. The highest BCUT2D eigenvalue weighted by atomic mass is 32.2. The molecule has 0 saturated carbocycles. The number of carboxylic acid groups (broad SMARTS) is 1. The van der Waals surface area contributed by atoms with E-state index in [0.29, 0.717) is 12.0 Å². The smallest absolute Gasteiger partial charge is 0.327 e. The maximum Gasteiger partial charge on any atom is 0.327 e. The standard InChI is InChI=1S/C22H28N4O6S/c1-22(2)16(21(31)32)26-19(30)15(20(26)33-22)25-18(29)14(11-6-8-12(27)9-7-11)24-17(28)13-5-3-4-10-23-13/h6-9,13-16,20,23,27H,3-5,10H2,1-2H3,(H,24,28)(H,25,29)(H,31,32)/t13?,14?,15-,16+,20-/m1/s1. The molecule has 0 aliphatic carbocycles. The summed E-state index contributed by atoms with van der Waals surface area (Å²) in [6.45, 7) is 4.25. The van der Waals surface area contributed by atoms with Crippen LogP contribution in [0.1, 0.15) is 44.7 Å². The maximum absolute atomic E-state index is 13.3. The molecule has 3 aliphatic rings. The first-order valence-electron chi connectivity index (χ1n) is 11.0. The molecule has 0 aromatic heterocycles. The Morgan fingerprint density at radius 2 is 1.91 bits per heavy atom. The highest BCUT2D eigenvalue weighted by Crippen LogP contribution is 2.50. The molecule has 0 bridgehead atoms. The number of carbonyl (C=O) groups is 4. The number of carbonyl (C=O) groups excluding carboxylic acids is 3. The van der Waals surface area contributed by atoms with Gasteiger partial charge in [0.05, 0.1) is 6.04 Å². The number of aliphatic carboxylic acids is 1. The monoisotopic (exact) mass is 476 g/mol. The van der Waals surface area contributed by atoms with Gasteiger partial charge in [0.15, 0.2) is 0 Å². The first kappa shape index (κ1) is 23.4. The molecule has 5 atom stereocenters. The minimum atomic E-state index is -1.08. The van der Waals surface area contributed by atoms with Crippen LogP contribution in [-0.2, 0) is 19.2 Å². The van der Waals surface area contributed by atoms with E-state index >= 15 is 0 Å². The van der Waals surface area contributed by atoms with E-state index in [4.69, 9.17) is 0 Å². The van der Waals surface area contributed by atoms with Crippen LogP contribution >= 0.6 is 11.8 Å². The lowest BCUT2D eigenvalue weighted by molar-refractivity contribution is -0.161. The highest BCUT2D eigenvalue weighted by Gasteiger charge is 2.64. The number of phenolic OH excluding ortho intramolecular Hbond substituents is 1. The number of thioether (sulfide) groups is 1. The largest absolute Gasteiger partial charge is 0.508 e. The van der Waals surface area contributed by atoms with Crippen molar-refractivity contribution in [1.82, 2.24) is 20.9 Å². The fourth-order valence-corrected chi connectivity index (χ4v) is 6.29. The number of amides is 3. The van der Waals surface area contributed by atoms with Gasteiger partial charge in [0.1, 0.15) is 29.2 Å². The maximum atomic E-state index is 13.3. The van der Waals surface area contributed by atoms with Crippen molar-refractivity contribution in [2.45, 2.75) is 67.4 Å². The summed E-state index contributed by atoms with van der Waals surface area (Å²) in [7, 11) is 0. The van der Waals surface area contributed by atoms with Crippen LogP contribution in [-0.4, -0.2) is 73.6 Å². The number of rotatable bonds is 6. The van der Waals surface area contributed by atoms with Gasteiger partial charge in [0.2, 0.25) is 17.7 Å². The summed E-state index contributed by atoms with van der Waals surface area (Å²) in [4.78, 5) is 51.8. The Labute approximate surface area is 195 Å². The average Bonchev–Trinajstić information content (AvgIpc) is 3.04. The first-order chi connectivity index (χ1) is 15.6. The topological polar surface area (TPSA) is 148 Å². The van der Waals surface area contributed by atoms with E-state index in [1.165, 1.54) is 40.9 Å². The van der Waals surface area contributed by atoms with Crippen LogP contribution < -0.4 is 16.0 Å². The van der Waals surface area contributed by atoms with Crippen molar-refractivity contribution in [2.24, 2.45) is 0 Å². The van der Waals surface area contributed by atoms with Gasteiger partial charge < -0.3 is 31.1 Å². The van der Waals surface area contributed by atoms with E-state index in [9.17, 15) is 29.4 Å². The Hall–Kier alpha value is -2.79. The molecule has 0 radical (unpaired) electrons. The zero-order chi connectivity index (χ0) is 23.9. The van der Waals surface area contributed by atoms with E-state index in [0.717, 1.165) is 19.4 Å². The number of piperidine rings is 1. The van der Waals surface area contributed by atoms with Gasteiger partial charge in [-0.05, 0) is 50.9 Å². The van der Waals surface area contributed by atoms with E-state index in [1.54, 1.807) is 13.8 Å². The van der Waals surface area contributed by atoms with Crippen molar-refractivity contribution >= 4 is 35.5 Å². The van der Waals surface area contributed by atoms with Crippen LogP contribution in [0, 0.1) is 0 Å². The molecule has 4 rings (SSSR count). The lowest BCUT2D eigenvalue weighted by Crippen LogP contribution is -2.71. The number of hydrogen-bond acceptors (Lipinski definition) is 7.